The summed E-state index contributed by atoms with van der Waals surface area (Å²) in [5, 5.41) is 0. The van der Waals surface area contributed by atoms with Gasteiger partial charge in [0.2, 0.25) is 11.0 Å². The fraction of sp³-hybridized carbons (Fsp3) is 0.737. The molecule has 2 aromatic rings. The van der Waals surface area contributed by atoms with Gasteiger partial charge in [-0.15, -0.1) is 0 Å². The minimum absolute atomic E-state index is 0.0750. The summed E-state index contributed by atoms with van der Waals surface area (Å²) in [6, 6.07) is 9.06. The van der Waals surface area contributed by atoms with Crippen molar-refractivity contribution < 1.29 is 9.13 Å². The van der Waals surface area contributed by atoms with Crippen molar-refractivity contribution in [2.45, 2.75) is 179 Å². The van der Waals surface area contributed by atoms with Crippen molar-refractivity contribution in [2.75, 3.05) is 0 Å². The third-order valence-corrected chi connectivity index (χ3v) is 9.65. The Bertz CT molecular complexity index is 794. The van der Waals surface area contributed by atoms with Crippen molar-refractivity contribution in [3.8, 4) is 0 Å². The van der Waals surface area contributed by atoms with E-state index in [9.17, 15) is 0 Å². The molecule has 0 saturated carbocycles. The number of rotatable bonds is 27. The molecule has 238 valence electrons. The summed E-state index contributed by atoms with van der Waals surface area (Å²) in [6.07, 6.45) is 39.8. The molecule has 0 aliphatic rings. The van der Waals surface area contributed by atoms with Crippen molar-refractivity contribution in [1.82, 2.24) is 0 Å². The molecule has 42 heavy (non-hydrogen) atoms. The second-order valence-corrected chi connectivity index (χ2v) is 13.6. The summed E-state index contributed by atoms with van der Waals surface area (Å²) >= 11 is 13.4. The molecule has 0 saturated heterocycles. The molecule has 0 radical (unpaired) electrons. The largest absolute Gasteiger partial charge is 0.232 e. The lowest BCUT2D eigenvalue weighted by atomic mass is 10.1. The van der Waals surface area contributed by atoms with E-state index in [0.29, 0.717) is 0 Å². The lowest BCUT2D eigenvalue weighted by Gasteiger charge is -2.07. The highest BCUT2D eigenvalue weighted by atomic mass is 35.5. The Morgan fingerprint density at radius 2 is 0.714 bits per heavy atom. The average molecular weight is 620 g/mol. The van der Waals surface area contributed by atoms with Crippen LogP contribution in [-0.4, -0.2) is 0 Å². The van der Waals surface area contributed by atoms with Crippen molar-refractivity contribution in [3.05, 3.63) is 60.2 Å². The van der Waals surface area contributed by atoms with Crippen molar-refractivity contribution in [3.63, 3.8) is 0 Å². The number of halogens is 2. The first-order valence-corrected chi connectivity index (χ1v) is 18.8. The van der Waals surface area contributed by atoms with Gasteiger partial charge < -0.3 is 0 Å². The number of unbranched alkanes of at least 4 members (excludes halogenated alkanes) is 17. The monoisotopic (exact) mass is 618 g/mol. The quantitative estimate of drug-likeness (QED) is 0.0534. The van der Waals surface area contributed by atoms with Crippen LogP contribution in [0, 0.1) is 0 Å². The molecule has 4 heteroatoms. The summed E-state index contributed by atoms with van der Waals surface area (Å²) in [6.45, 7) is 4.56. The van der Waals surface area contributed by atoms with E-state index in [1.54, 1.807) is 0 Å². The summed E-state index contributed by atoms with van der Waals surface area (Å²) < 4.78 is 4.36. The highest BCUT2D eigenvalue weighted by Crippen LogP contribution is 2.19. The fourth-order valence-electron chi connectivity index (χ4n) is 5.85. The van der Waals surface area contributed by atoms with E-state index in [-0.39, 0.29) is 11.0 Å². The van der Waals surface area contributed by atoms with Gasteiger partial charge in [0, 0.05) is 37.1 Å². The van der Waals surface area contributed by atoms with E-state index >= 15 is 0 Å². The Morgan fingerprint density at radius 1 is 0.429 bits per heavy atom. The summed E-state index contributed by atoms with van der Waals surface area (Å²) in [7, 11) is 0. The van der Waals surface area contributed by atoms with E-state index < -0.39 is 0 Å². The van der Waals surface area contributed by atoms with Crippen LogP contribution in [0.5, 0.6) is 0 Å². The maximum Gasteiger partial charge on any atom is 0.232 e. The Morgan fingerprint density at radius 3 is 1.05 bits per heavy atom. The first-order chi connectivity index (χ1) is 20.6. The molecular weight excluding hydrogens is 555 g/mol. The van der Waals surface area contributed by atoms with E-state index in [1.165, 1.54) is 152 Å². The Hall–Kier alpha value is -1.12. The van der Waals surface area contributed by atoms with E-state index in [0.717, 1.165) is 12.8 Å². The van der Waals surface area contributed by atoms with Gasteiger partial charge in [-0.3, -0.25) is 0 Å². The number of nitrogens with zero attached hydrogens (tertiary/aromatic N) is 2. The van der Waals surface area contributed by atoms with E-state index in [4.69, 9.17) is 23.2 Å². The lowest BCUT2D eigenvalue weighted by molar-refractivity contribution is -0.703. The van der Waals surface area contributed by atoms with E-state index in [2.05, 4.69) is 72.0 Å². The van der Waals surface area contributed by atoms with Gasteiger partial charge in [-0.1, -0.05) is 117 Å². The molecule has 0 spiro atoms. The number of alkyl halides is 2. The van der Waals surface area contributed by atoms with Crippen LogP contribution in [0.4, 0.5) is 0 Å². The van der Waals surface area contributed by atoms with Gasteiger partial charge in [0.1, 0.15) is 0 Å². The molecule has 2 atom stereocenters. The molecule has 0 aliphatic heterocycles. The molecule has 2 aromatic heterocycles. The number of hydrogen-bond donors (Lipinski definition) is 0. The van der Waals surface area contributed by atoms with Gasteiger partial charge in [0.15, 0.2) is 24.8 Å². The van der Waals surface area contributed by atoms with E-state index in [1.807, 2.05) is 0 Å². The highest BCUT2D eigenvalue weighted by molar-refractivity contribution is 6.18. The van der Waals surface area contributed by atoms with Crippen LogP contribution >= 0.6 is 23.2 Å². The third-order valence-electron chi connectivity index (χ3n) is 8.76. The number of hydrogen-bond acceptors (Lipinski definition) is 0. The number of aromatic nitrogens is 2. The average Bonchev–Trinajstić information content (AvgIpc) is 3.02. The first kappa shape index (κ1) is 37.1. The summed E-state index contributed by atoms with van der Waals surface area (Å²) in [5.41, 5.74) is 3.04. The Balaban J connectivity index is 1.43. The molecule has 0 amide bonds. The van der Waals surface area contributed by atoms with Crippen LogP contribution in [0.25, 0.3) is 0 Å². The van der Waals surface area contributed by atoms with Gasteiger partial charge in [-0.05, 0) is 72.9 Å². The molecule has 2 heterocycles. The normalized spacial score (nSPS) is 13.0. The van der Waals surface area contributed by atoms with Gasteiger partial charge in [0.05, 0.1) is 0 Å². The van der Waals surface area contributed by atoms with Crippen LogP contribution in [0.2, 0.25) is 0 Å². The smallest absolute Gasteiger partial charge is 0.188 e. The molecule has 0 N–H and O–H groups in total. The van der Waals surface area contributed by atoms with Crippen LogP contribution in [0.3, 0.4) is 0 Å². The topological polar surface area (TPSA) is 7.76 Å². The van der Waals surface area contributed by atoms with Gasteiger partial charge in [-0.2, -0.15) is 9.13 Å². The van der Waals surface area contributed by atoms with Crippen molar-refractivity contribution in [1.29, 1.82) is 0 Å². The number of pyridine rings is 2. The lowest BCUT2D eigenvalue weighted by Crippen LogP contribution is -2.35. The molecule has 2 nitrogen and oxygen atoms in total. The maximum atomic E-state index is 6.70. The van der Waals surface area contributed by atoms with Crippen LogP contribution < -0.4 is 9.13 Å². The third kappa shape index (κ3) is 17.9. The molecule has 2 unspecified atom stereocenters. The summed E-state index contributed by atoms with van der Waals surface area (Å²) in [5.74, 6) is 0. The fourth-order valence-corrected chi connectivity index (χ4v) is 6.42. The zero-order valence-electron chi connectivity index (χ0n) is 27.4. The number of aryl methyl sites for hydroxylation is 2. The SMILES string of the molecule is CCCCCCCCc1cc[n+](C(Cl)CCCCCCCCCCC(Cl)[n+]2ccc(CCCCCCCC)cc2)cc1. The molecular formula is C38H64Cl2N2+2. The minimum atomic E-state index is 0.0750. The molecule has 0 bridgehead atoms. The second kappa shape index (κ2) is 25.2. The van der Waals surface area contributed by atoms with Crippen LogP contribution in [-0.2, 0) is 12.8 Å². The minimum Gasteiger partial charge on any atom is -0.188 e. The van der Waals surface area contributed by atoms with Crippen LogP contribution in [0.15, 0.2) is 49.1 Å². The zero-order chi connectivity index (χ0) is 30.1. The van der Waals surface area contributed by atoms with Gasteiger partial charge >= 0.3 is 0 Å². The van der Waals surface area contributed by atoms with Crippen molar-refractivity contribution >= 4 is 23.2 Å². The highest BCUT2D eigenvalue weighted by Gasteiger charge is 2.15. The molecule has 2 rings (SSSR count). The van der Waals surface area contributed by atoms with Gasteiger partial charge in [0.25, 0.3) is 0 Å². The Labute approximate surface area is 270 Å². The second-order valence-electron chi connectivity index (χ2n) is 12.6. The maximum absolute atomic E-state index is 6.70. The first-order valence-electron chi connectivity index (χ1n) is 17.9. The predicted molar refractivity (Wildman–Crippen MR) is 183 cm³/mol. The van der Waals surface area contributed by atoms with Crippen LogP contribution in [0.1, 0.15) is 177 Å². The van der Waals surface area contributed by atoms with Gasteiger partial charge in [-0.25, -0.2) is 0 Å². The standard InChI is InChI=1S/C38H64Cl2N2/c1-3-5-7-9-15-19-23-35-27-31-41(32-28-35)37(39)25-21-17-13-11-12-14-18-22-26-38(40)42-33-29-36(30-34-42)24-20-16-10-8-6-4-2/h27-34,37-38H,3-26H2,1-2H3/q+2. The predicted octanol–water partition coefficient (Wildman–Crippen LogP) is 12.1. The molecule has 0 fully saturated rings. The molecule has 0 aliphatic carbocycles. The summed E-state index contributed by atoms with van der Waals surface area (Å²) in [4.78, 5) is 0. The van der Waals surface area contributed by atoms with Crippen molar-refractivity contribution in [2.24, 2.45) is 0 Å². The Kier molecular flexibility index (Phi) is 22.3. The molecule has 0 aromatic carbocycles. The zero-order valence-corrected chi connectivity index (χ0v) is 28.9.